The lowest BCUT2D eigenvalue weighted by Gasteiger charge is -2.09. The Morgan fingerprint density at radius 3 is 2.35 bits per heavy atom. The highest BCUT2D eigenvalue weighted by atomic mass is 79.9. The van der Waals surface area contributed by atoms with Crippen LogP contribution in [0.5, 0.6) is 0 Å². The van der Waals surface area contributed by atoms with Gasteiger partial charge >= 0.3 is 0 Å². The van der Waals surface area contributed by atoms with Crippen LogP contribution >= 0.6 is 66.4 Å². The number of fused-ring (bicyclic) bond motifs is 1. The number of alkyl halides is 1. The first-order valence-corrected chi connectivity index (χ1v) is 9.04. The molecule has 0 aliphatic carbocycles. The summed E-state index contributed by atoms with van der Waals surface area (Å²) >= 11 is 21.1. The Kier molecular flexibility index (Phi) is 4.44. The zero-order valence-corrected chi connectivity index (χ0v) is 15.5. The maximum Gasteiger partial charge on any atom is 0.0928 e. The summed E-state index contributed by atoms with van der Waals surface area (Å²) in [6.45, 7) is 0. The molecule has 0 saturated heterocycles. The molecule has 3 rings (SSSR count). The molecule has 0 fully saturated rings. The van der Waals surface area contributed by atoms with E-state index in [1.54, 1.807) is 11.3 Å². The minimum absolute atomic E-state index is 0.183. The fraction of sp³-hybridized carbons (Fsp3) is 0.0667. The summed E-state index contributed by atoms with van der Waals surface area (Å²) in [7, 11) is 0. The molecule has 0 saturated carbocycles. The average molecular weight is 451 g/mol. The van der Waals surface area contributed by atoms with Gasteiger partial charge in [0, 0.05) is 9.35 Å². The van der Waals surface area contributed by atoms with Gasteiger partial charge < -0.3 is 0 Å². The highest BCUT2D eigenvalue weighted by molar-refractivity contribution is 9.11. The van der Waals surface area contributed by atoms with E-state index in [0.29, 0.717) is 5.02 Å². The largest absolute Gasteiger partial charge is 0.130 e. The van der Waals surface area contributed by atoms with Gasteiger partial charge in [-0.1, -0.05) is 45.7 Å². The van der Waals surface area contributed by atoms with Crippen molar-refractivity contribution in [2.45, 2.75) is 5.38 Å². The summed E-state index contributed by atoms with van der Waals surface area (Å²) in [4.78, 5) is 1.04. The number of halogens is 4. The van der Waals surface area contributed by atoms with Crippen LogP contribution < -0.4 is 0 Å². The summed E-state index contributed by atoms with van der Waals surface area (Å²) in [5, 5.41) is 2.90. The molecule has 0 aliphatic rings. The van der Waals surface area contributed by atoms with Crippen molar-refractivity contribution >= 4 is 77.2 Å². The van der Waals surface area contributed by atoms with Gasteiger partial charge in [-0.05, 0) is 56.5 Å². The van der Waals surface area contributed by atoms with E-state index in [1.807, 2.05) is 12.1 Å². The van der Waals surface area contributed by atoms with Crippen LogP contribution in [-0.4, -0.2) is 0 Å². The van der Waals surface area contributed by atoms with Gasteiger partial charge in [0.15, 0.2) is 0 Å². The number of benzene rings is 2. The fourth-order valence-corrected chi connectivity index (χ4v) is 4.51. The molecule has 0 spiro atoms. The van der Waals surface area contributed by atoms with Gasteiger partial charge in [0.25, 0.3) is 0 Å². The van der Waals surface area contributed by atoms with Crippen molar-refractivity contribution in [3.05, 3.63) is 66.2 Å². The van der Waals surface area contributed by atoms with E-state index in [9.17, 15) is 0 Å². The van der Waals surface area contributed by atoms with E-state index in [2.05, 4.69) is 62.2 Å². The standard InChI is InChI=1S/C15H8Br2Cl2S/c16-11-4-3-8-5-10(2-1-9(8)6-11)14(19)13-7-12(18)15(17)20-13/h1-7,14H. The minimum Gasteiger partial charge on any atom is -0.130 e. The predicted molar refractivity (Wildman–Crippen MR) is 96.4 cm³/mol. The molecule has 5 heteroatoms. The zero-order valence-electron chi connectivity index (χ0n) is 10.0. The summed E-state index contributed by atoms with van der Waals surface area (Å²) in [6, 6.07) is 14.4. The predicted octanol–water partition coefficient (Wildman–Crippen LogP) is 7.41. The van der Waals surface area contributed by atoms with Crippen LogP contribution in [0.25, 0.3) is 10.8 Å². The van der Waals surface area contributed by atoms with Gasteiger partial charge in [-0.25, -0.2) is 0 Å². The number of thiophene rings is 1. The van der Waals surface area contributed by atoms with Crippen LogP contribution in [0.2, 0.25) is 5.02 Å². The smallest absolute Gasteiger partial charge is 0.0928 e. The second kappa shape index (κ2) is 5.98. The molecular weight excluding hydrogens is 443 g/mol. The third-order valence-electron chi connectivity index (χ3n) is 3.03. The Labute approximate surface area is 148 Å². The van der Waals surface area contributed by atoms with Gasteiger partial charge in [0.05, 0.1) is 14.2 Å². The van der Waals surface area contributed by atoms with E-state index in [4.69, 9.17) is 23.2 Å². The normalized spacial score (nSPS) is 12.8. The van der Waals surface area contributed by atoms with E-state index in [1.165, 1.54) is 10.8 Å². The lowest BCUT2D eigenvalue weighted by atomic mass is 10.0. The van der Waals surface area contributed by atoms with Gasteiger partial charge in [0.1, 0.15) is 0 Å². The lowest BCUT2D eigenvalue weighted by molar-refractivity contribution is 1.19. The van der Waals surface area contributed by atoms with E-state index in [0.717, 1.165) is 18.7 Å². The number of hydrogen-bond acceptors (Lipinski definition) is 1. The second-order valence-corrected chi connectivity index (χ2v) is 8.54. The Morgan fingerprint density at radius 2 is 1.65 bits per heavy atom. The molecule has 1 heterocycles. The van der Waals surface area contributed by atoms with Gasteiger partial charge in [-0.2, -0.15) is 0 Å². The molecule has 1 aromatic heterocycles. The SMILES string of the molecule is Clc1cc(C(Cl)c2ccc3cc(Br)ccc3c2)sc1Br. The maximum atomic E-state index is 6.57. The molecule has 20 heavy (non-hydrogen) atoms. The molecule has 1 unspecified atom stereocenters. The van der Waals surface area contributed by atoms with Crippen molar-refractivity contribution in [1.82, 2.24) is 0 Å². The Balaban J connectivity index is 2.03. The van der Waals surface area contributed by atoms with Crippen LogP contribution in [0.3, 0.4) is 0 Å². The van der Waals surface area contributed by atoms with Crippen molar-refractivity contribution in [2.75, 3.05) is 0 Å². The first kappa shape index (κ1) is 14.9. The molecule has 3 aromatic rings. The van der Waals surface area contributed by atoms with Crippen LogP contribution in [-0.2, 0) is 0 Å². The summed E-state index contributed by atoms with van der Waals surface area (Å²) < 4.78 is 2.00. The molecule has 0 nitrogen and oxygen atoms in total. The lowest BCUT2D eigenvalue weighted by Crippen LogP contribution is -1.90. The van der Waals surface area contributed by atoms with Crippen LogP contribution in [0.4, 0.5) is 0 Å². The average Bonchev–Trinajstić information content (AvgIpc) is 2.77. The van der Waals surface area contributed by atoms with Gasteiger partial charge in [-0.3, -0.25) is 0 Å². The van der Waals surface area contributed by atoms with Crippen LogP contribution in [0.1, 0.15) is 15.8 Å². The molecule has 0 aliphatic heterocycles. The number of rotatable bonds is 2. The summed E-state index contributed by atoms with van der Waals surface area (Å²) in [6.07, 6.45) is 0. The third kappa shape index (κ3) is 2.93. The molecule has 0 N–H and O–H groups in total. The Hall–Kier alpha value is -0.0600. The van der Waals surface area contributed by atoms with Crippen molar-refractivity contribution in [2.24, 2.45) is 0 Å². The van der Waals surface area contributed by atoms with Crippen molar-refractivity contribution < 1.29 is 0 Å². The highest BCUT2D eigenvalue weighted by Crippen LogP contribution is 2.40. The molecule has 2 aromatic carbocycles. The van der Waals surface area contributed by atoms with Crippen molar-refractivity contribution in [1.29, 1.82) is 0 Å². The summed E-state index contributed by atoms with van der Waals surface area (Å²) in [5.74, 6) is 0. The zero-order chi connectivity index (χ0) is 14.3. The molecule has 0 amide bonds. The number of hydrogen-bond donors (Lipinski definition) is 0. The van der Waals surface area contributed by atoms with Gasteiger partial charge in [0.2, 0.25) is 0 Å². The van der Waals surface area contributed by atoms with Crippen LogP contribution in [0, 0.1) is 0 Å². The quantitative estimate of drug-likeness (QED) is 0.356. The Morgan fingerprint density at radius 1 is 0.950 bits per heavy atom. The minimum atomic E-state index is -0.183. The van der Waals surface area contributed by atoms with Crippen molar-refractivity contribution in [3.63, 3.8) is 0 Å². The first-order valence-electron chi connectivity index (χ1n) is 5.82. The van der Waals surface area contributed by atoms with E-state index in [-0.39, 0.29) is 5.38 Å². The van der Waals surface area contributed by atoms with E-state index < -0.39 is 0 Å². The molecule has 102 valence electrons. The monoisotopic (exact) mass is 448 g/mol. The van der Waals surface area contributed by atoms with E-state index >= 15 is 0 Å². The first-order chi connectivity index (χ1) is 9.54. The summed E-state index contributed by atoms with van der Waals surface area (Å²) in [5.41, 5.74) is 1.08. The van der Waals surface area contributed by atoms with Crippen molar-refractivity contribution in [3.8, 4) is 0 Å². The van der Waals surface area contributed by atoms with Crippen LogP contribution in [0.15, 0.2) is 50.7 Å². The maximum absolute atomic E-state index is 6.57. The molecule has 0 radical (unpaired) electrons. The molecule has 1 atom stereocenters. The molecule has 0 bridgehead atoms. The third-order valence-corrected chi connectivity index (χ3v) is 6.68. The second-order valence-electron chi connectivity index (χ2n) is 4.38. The Bertz CT molecular complexity index is 763. The topological polar surface area (TPSA) is 0 Å². The van der Waals surface area contributed by atoms with Gasteiger partial charge in [-0.15, -0.1) is 22.9 Å². The molecular formula is C15H8Br2Cl2S. The highest BCUT2D eigenvalue weighted by Gasteiger charge is 2.16. The fourth-order valence-electron chi connectivity index (χ4n) is 2.05.